The third kappa shape index (κ3) is 5.18. The van der Waals surface area contributed by atoms with E-state index in [0.29, 0.717) is 13.1 Å². The molecule has 2 aromatic rings. The van der Waals surface area contributed by atoms with Crippen LogP contribution in [0.4, 0.5) is 5.69 Å². The van der Waals surface area contributed by atoms with Gasteiger partial charge in [0.05, 0.1) is 0 Å². The Morgan fingerprint density at radius 3 is 2.32 bits per heavy atom. The third-order valence-electron chi connectivity index (χ3n) is 4.56. The van der Waals surface area contributed by atoms with Crippen LogP contribution in [0.2, 0.25) is 0 Å². The number of hydrogen-bond donors (Lipinski definition) is 1. The summed E-state index contributed by atoms with van der Waals surface area (Å²) in [5, 5.41) is 2.94. The summed E-state index contributed by atoms with van der Waals surface area (Å²) in [5.41, 5.74) is 5.29. The Hall–Kier alpha value is -2.62. The van der Waals surface area contributed by atoms with Gasteiger partial charge in [-0.2, -0.15) is 0 Å². The van der Waals surface area contributed by atoms with Crippen LogP contribution in [0, 0.1) is 20.8 Å². The summed E-state index contributed by atoms with van der Waals surface area (Å²) in [7, 11) is 0. The molecule has 0 bridgehead atoms. The lowest BCUT2D eigenvalue weighted by Gasteiger charge is -2.22. The Labute approximate surface area is 149 Å². The minimum atomic E-state index is -0.0790. The summed E-state index contributed by atoms with van der Waals surface area (Å²) in [6.07, 6.45) is 0.277. The van der Waals surface area contributed by atoms with E-state index in [-0.39, 0.29) is 18.2 Å². The molecule has 2 amide bonds. The molecule has 0 spiro atoms. The summed E-state index contributed by atoms with van der Waals surface area (Å²) in [4.78, 5) is 25.9. The highest BCUT2D eigenvalue weighted by Gasteiger charge is 2.13. The minimum Gasteiger partial charge on any atom is -0.338 e. The van der Waals surface area contributed by atoms with Gasteiger partial charge in [-0.05, 0) is 49.1 Å². The van der Waals surface area contributed by atoms with Crippen LogP contribution < -0.4 is 5.32 Å². The standard InChI is InChI=1S/C21H26N2O2/c1-15-9-7-11-20(17(15)3)22-21(25)12-13-23(18(4)24)14-19-10-6-5-8-16(19)2/h5-11H,12-14H2,1-4H3,(H,22,25). The maximum Gasteiger partial charge on any atom is 0.226 e. The molecule has 0 aliphatic rings. The van der Waals surface area contributed by atoms with Crippen molar-refractivity contribution in [2.45, 2.75) is 40.7 Å². The number of anilines is 1. The number of amides is 2. The van der Waals surface area contributed by atoms with Crippen molar-refractivity contribution in [2.75, 3.05) is 11.9 Å². The van der Waals surface area contributed by atoms with Crippen molar-refractivity contribution in [1.29, 1.82) is 0 Å². The molecule has 4 heteroatoms. The number of nitrogens with one attached hydrogen (secondary N) is 1. The molecular formula is C21H26N2O2. The SMILES string of the molecule is CC(=O)N(CCC(=O)Nc1cccc(C)c1C)Cc1ccccc1C. The number of rotatable bonds is 6. The molecule has 0 saturated carbocycles. The Balaban J connectivity index is 1.96. The highest BCUT2D eigenvalue weighted by molar-refractivity contribution is 5.92. The molecule has 0 aliphatic heterocycles. The van der Waals surface area contributed by atoms with Gasteiger partial charge in [-0.25, -0.2) is 0 Å². The number of hydrogen-bond acceptors (Lipinski definition) is 2. The van der Waals surface area contributed by atoms with Gasteiger partial charge >= 0.3 is 0 Å². The normalized spacial score (nSPS) is 10.4. The van der Waals surface area contributed by atoms with Crippen molar-refractivity contribution in [3.8, 4) is 0 Å². The summed E-state index contributed by atoms with van der Waals surface area (Å²) < 4.78 is 0. The lowest BCUT2D eigenvalue weighted by atomic mass is 10.1. The quantitative estimate of drug-likeness (QED) is 0.866. The second-order valence-electron chi connectivity index (χ2n) is 6.41. The molecule has 0 radical (unpaired) electrons. The van der Waals surface area contributed by atoms with Crippen LogP contribution in [-0.4, -0.2) is 23.3 Å². The highest BCUT2D eigenvalue weighted by atomic mass is 16.2. The molecule has 0 heterocycles. The van der Waals surface area contributed by atoms with E-state index in [2.05, 4.69) is 5.32 Å². The smallest absolute Gasteiger partial charge is 0.226 e. The van der Waals surface area contributed by atoms with Crippen LogP contribution in [0.1, 0.15) is 35.6 Å². The second kappa shape index (κ2) is 8.47. The number of carbonyl (C=O) groups excluding carboxylic acids is 2. The number of benzene rings is 2. The molecular weight excluding hydrogens is 312 g/mol. The Kier molecular flexibility index (Phi) is 6.34. The second-order valence-corrected chi connectivity index (χ2v) is 6.41. The average Bonchev–Trinajstić information content (AvgIpc) is 2.57. The fraction of sp³-hybridized carbons (Fsp3) is 0.333. The van der Waals surface area contributed by atoms with Gasteiger partial charge in [-0.3, -0.25) is 9.59 Å². The summed E-state index contributed by atoms with van der Waals surface area (Å²) in [6, 6.07) is 13.8. The largest absolute Gasteiger partial charge is 0.338 e. The lowest BCUT2D eigenvalue weighted by molar-refractivity contribution is -0.129. The Morgan fingerprint density at radius 1 is 0.960 bits per heavy atom. The van der Waals surface area contributed by atoms with Crippen molar-refractivity contribution in [2.24, 2.45) is 0 Å². The van der Waals surface area contributed by atoms with Crippen LogP contribution in [-0.2, 0) is 16.1 Å². The van der Waals surface area contributed by atoms with Crippen LogP contribution in [0.5, 0.6) is 0 Å². The molecule has 2 aromatic carbocycles. The van der Waals surface area contributed by atoms with Gasteiger partial charge in [-0.15, -0.1) is 0 Å². The van der Waals surface area contributed by atoms with Crippen LogP contribution >= 0.6 is 0 Å². The predicted molar refractivity (Wildman–Crippen MR) is 101 cm³/mol. The van der Waals surface area contributed by atoms with Gasteiger partial charge in [0.2, 0.25) is 11.8 Å². The molecule has 4 nitrogen and oxygen atoms in total. The molecule has 132 valence electrons. The molecule has 2 rings (SSSR count). The average molecular weight is 338 g/mol. The molecule has 1 N–H and O–H groups in total. The first-order valence-electron chi connectivity index (χ1n) is 8.54. The van der Waals surface area contributed by atoms with Crippen LogP contribution in [0.15, 0.2) is 42.5 Å². The van der Waals surface area contributed by atoms with Gasteiger partial charge in [0, 0.05) is 32.1 Å². The first-order valence-corrected chi connectivity index (χ1v) is 8.54. The van der Waals surface area contributed by atoms with E-state index < -0.39 is 0 Å². The van der Waals surface area contributed by atoms with E-state index in [0.717, 1.165) is 27.9 Å². The summed E-state index contributed by atoms with van der Waals surface area (Å²) >= 11 is 0. The Morgan fingerprint density at radius 2 is 1.64 bits per heavy atom. The van der Waals surface area contributed by atoms with Gasteiger partial charge in [-0.1, -0.05) is 36.4 Å². The molecule has 0 saturated heterocycles. The maximum absolute atomic E-state index is 12.3. The summed E-state index contributed by atoms with van der Waals surface area (Å²) in [5.74, 6) is -0.104. The first kappa shape index (κ1) is 18.7. The van der Waals surface area contributed by atoms with E-state index in [1.807, 2.05) is 63.2 Å². The third-order valence-corrected chi connectivity index (χ3v) is 4.56. The predicted octanol–water partition coefficient (Wildman–Crippen LogP) is 3.99. The van der Waals surface area contributed by atoms with E-state index in [9.17, 15) is 9.59 Å². The van der Waals surface area contributed by atoms with Crippen molar-refractivity contribution < 1.29 is 9.59 Å². The highest BCUT2D eigenvalue weighted by Crippen LogP contribution is 2.18. The van der Waals surface area contributed by atoms with E-state index >= 15 is 0 Å². The van der Waals surface area contributed by atoms with Crippen LogP contribution in [0.3, 0.4) is 0 Å². The fourth-order valence-electron chi connectivity index (χ4n) is 2.68. The topological polar surface area (TPSA) is 49.4 Å². The van der Waals surface area contributed by atoms with Gasteiger partial charge in [0.15, 0.2) is 0 Å². The van der Waals surface area contributed by atoms with Gasteiger partial charge in [0.25, 0.3) is 0 Å². The zero-order valence-corrected chi connectivity index (χ0v) is 15.4. The molecule has 0 aromatic heterocycles. The number of carbonyl (C=O) groups is 2. The van der Waals surface area contributed by atoms with Gasteiger partial charge < -0.3 is 10.2 Å². The Bertz CT molecular complexity index is 768. The fourth-order valence-corrected chi connectivity index (χ4v) is 2.68. The van der Waals surface area contributed by atoms with E-state index in [4.69, 9.17) is 0 Å². The molecule has 25 heavy (non-hydrogen) atoms. The van der Waals surface area contributed by atoms with Crippen molar-refractivity contribution in [3.63, 3.8) is 0 Å². The molecule has 0 unspecified atom stereocenters. The molecule has 0 atom stereocenters. The zero-order valence-electron chi connectivity index (χ0n) is 15.4. The maximum atomic E-state index is 12.3. The van der Waals surface area contributed by atoms with Crippen molar-refractivity contribution in [1.82, 2.24) is 4.90 Å². The molecule has 0 aliphatic carbocycles. The minimum absolute atomic E-state index is 0.0252. The van der Waals surface area contributed by atoms with Crippen molar-refractivity contribution in [3.05, 3.63) is 64.7 Å². The number of aryl methyl sites for hydroxylation is 2. The van der Waals surface area contributed by atoms with E-state index in [1.165, 1.54) is 0 Å². The monoisotopic (exact) mass is 338 g/mol. The van der Waals surface area contributed by atoms with Crippen LogP contribution in [0.25, 0.3) is 0 Å². The molecule has 0 fully saturated rings. The summed E-state index contributed by atoms with van der Waals surface area (Å²) in [6.45, 7) is 8.51. The lowest BCUT2D eigenvalue weighted by Crippen LogP contribution is -2.31. The van der Waals surface area contributed by atoms with E-state index in [1.54, 1.807) is 11.8 Å². The number of nitrogens with zero attached hydrogens (tertiary/aromatic N) is 1. The zero-order chi connectivity index (χ0) is 18.4. The first-order chi connectivity index (χ1) is 11.9. The van der Waals surface area contributed by atoms with Crippen molar-refractivity contribution >= 4 is 17.5 Å². The van der Waals surface area contributed by atoms with Gasteiger partial charge in [0.1, 0.15) is 0 Å².